The molecule has 0 saturated carbocycles. The first-order valence-corrected chi connectivity index (χ1v) is 6.46. The Balaban J connectivity index is 2.01. The van der Waals surface area contributed by atoms with Gasteiger partial charge in [-0.05, 0) is 23.3 Å². The van der Waals surface area contributed by atoms with Gasteiger partial charge in [0.15, 0.2) is 5.84 Å². The molecular formula is C15H15ClN2O2. The molecule has 0 amide bonds. The monoisotopic (exact) mass is 290 g/mol. The maximum atomic E-state index is 8.75. The summed E-state index contributed by atoms with van der Waals surface area (Å²) in [6.07, 6.45) is 0. The molecule has 0 fully saturated rings. The largest absolute Gasteiger partial charge is 0.409 e. The lowest BCUT2D eigenvalue weighted by molar-refractivity contribution is 0.107. The van der Waals surface area contributed by atoms with Crippen molar-refractivity contribution < 1.29 is 9.94 Å². The van der Waals surface area contributed by atoms with Crippen molar-refractivity contribution >= 4 is 17.4 Å². The summed E-state index contributed by atoms with van der Waals surface area (Å²) in [5, 5.41) is 12.5. The first-order chi connectivity index (χ1) is 9.70. The van der Waals surface area contributed by atoms with Gasteiger partial charge in [-0.25, -0.2) is 0 Å². The SMILES string of the molecule is NC(=NO)c1ccccc1COCc1cccc(Cl)c1. The molecule has 0 aliphatic carbocycles. The van der Waals surface area contributed by atoms with Crippen LogP contribution in [0.4, 0.5) is 0 Å². The van der Waals surface area contributed by atoms with E-state index in [2.05, 4.69) is 5.16 Å². The van der Waals surface area contributed by atoms with E-state index in [1.54, 1.807) is 6.07 Å². The smallest absolute Gasteiger partial charge is 0.170 e. The lowest BCUT2D eigenvalue weighted by atomic mass is 10.1. The number of hydrogen-bond donors (Lipinski definition) is 2. The Morgan fingerprint density at radius 3 is 2.70 bits per heavy atom. The molecule has 0 aliphatic rings. The Labute approximate surface area is 122 Å². The van der Waals surface area contributed by atoms with Gasteiger partial charge in [0.1, 0.15) is 0 Å². The lowest BCUT2D eigenvalue weighted by Gasteiger charge is -2.09. The van der Waals surface area contributed by atoms with Crippen molar-refractivity contribution in [2.75, 3.05) is 0 Å². The molecule has 3 N–H and O–H groups in total. The van der Waals surface area contributed by atoms with Gasteiger partial charge in [0.25, 0.3) is 0 Å². The van der Waals surface area contributed by atoms with Crippen molar-refractivity contribution in [2.24, 2.45) is 10.9 Å². The van der Waals surface area contributed by atoms with Crippen LogP contribution in [0.2, 0.25) is 5.02 Å². The normalized spacial score (nSPS) is 11.6. The molecule has 0 unspecified atom stereocenters. The summed E-state index contributed by atoms with van der Waals surface area (Å²) in [6, 6.07) is 14.9. The molecule has 4 nitrogen and oxygen atoms in total. The number of halogens is 1. The third-order valence-electron chi connectivity index (χ3n) is 2.82. The van der Waals surface area contributed by atoms with Crippen molar-refractivity contribution in [1.29, 1.82) is 0 Å². The molecule has 5 heteroatoms. The summed E-state index contributed by atoms with van der Waals surface area (Å²) in [6.45, 7) is 0.823. The number of benzene rings is 2. The van der Waals surface area contributed by atoms with Crippen LogP contribution in [-0.4, -0.2) is 11.0 Å². The van der Waals surface area contributed by atoms with Crippen LogP contribution in [0.3, 0.4) is 0 Å². The molecule has 0 spiro atoms. The van der Waals surface area contributed by atoms with E-state index >= 15 is 0 Å². The summed E-state index contributed by atoms with van der Waals surface area (Å²) in [5.74, 6) is 0.0759. The van der Waals surface area contributed by atoms with Gasteiger partial charge < -0.3 is 15.7 Å². The van der Waals surface area contributed by atoms with Crippen LogP contribution in [0, 0.1) is 0 Å². The highest BCUT2D eigenvalue weighted by Crippen LogP contribution is 2.14. The molecule has 2 rings (SSSR count). The highest BCUT2D eigenvalue weighted by molar-refractivity contribution is 6.30. The number of nitrogens with zero attached hydrogens (tertiary/aromatic N) is 1. The number of ether oxygens (including phenoxy) is 1. The zero-order valence-corrected chi connectivity index (χ0v) is 11.5. The third-order valence-corrected chi connectivity index (χ3v) is 3.05. The van der Waals surface area contributed by atoms with Gasteiger partial charge in [0, 0.05) is 10.6 Å². The maximum Gasteiger partial charge on any atom is 0.170 e. The average Bonchev–Trinajstić information content (AvgIpc) is 2.47. The highest BCUT2D eigenvalue weighted by atomic mass is 35.5. The Bertz CT molecular complexity index is 614. The molecule has 2 aromatic carbocycles. The number of oxime groups is 1. The van der Waals surface area contributed by atoms with Crippen LogP contribution < -0.4 is 5.73 Å². The van der Waals surface area contributed by atoms with Crippen LogP contribution in [-0.2, 0) is 18.0 Å². The second-order valence-electron chi connectivity index (χ2n) is 4.27. The van der Waals surface area contributed by atoms with Gasteiger partial charge >= 0.3 is 0 Å². The standard InChI is InChI=1S/C15H15ClN2O2/c16-13-6-3-4-11(8-13)9-20-10-12-5-1-2-7-14(12)15(17)18-19/h1-8,19H,9-10H2,(H2,17,18). The number of nitrogens with two attached hydrogens (primary N) is 1. The molecule has 0 aromatic heterocycles. The van der Waals surface area contributed by atoms with E-state index < -0.39 is 0 Å². The number of amidine groups is 1. The summed E-state index contributed by atoms with van der Waals surface area (Å²) < 4.78 is 5.65. The molecule has 0 heterocycles. The molecule has 2 aromatic rings. The van der Waals surface area contributed by atoms with E-state index in [9.17, 15) is 0 Å². The second kappa shape index (κ2) is 6.93. The van der Waals surface area contributed by atoms with Gasteiger partial charge in [0.05, 0.1) is 13.2 Å². The average molecular weight is 291 g/mol. The van der Waals surface area contributed by atoms with E-state index in [-0.39, 0.29) is 5.84 Å². The van der Waals surface area contributed by atoms with Gasteiger partial charge in [0.2, 0.25) is 0 Å². The fourth-order valence-electron chi connectivity index (χ4n) is 1.86. The van der Waals surface area contributed by atoms with Crippen molar-refractivity contribution in [3.05, 3.63) is 70.2 Å². The van der Waals surface area contributed by atoms with Crippen molar-refractivity contribution in [2.45, 2.75) is 13.2 Å². The Morgan fingerprint density at radius 2 is 1.95 bits per heavy atom. The zero-order valence-electron chi connectivity index (χ0n) is 10.8. The number of rotatable bonds is 5. The molecular weight excluding hydrogens is 276 g/mol. The van der Waals surface area contributed by atoms with Gasteiger partial charge in [-0.3, -0.25) is 0 Å². The highest BCUT2D eigenvalue weighted by Gasteiger charge is 2.06. The minimum Gasteiger partial charge on any atom is -0.409 e. The molecule has 0 saturated heterocycles. The van der Waals surface area contributed by atoms with Crippen molar-refractivity contribution in [3.63, 3.8) is 0 Å². The van der Waals surface area contributed by atoms with Gasteiger partial charge in [-0.15, -0.1) is 0 Å². The lowest BCUT2D eigenvalue weighted by Crippen LogP contribution is -2.15. The molecule has 0 aliphatic heterocycles. The quantitative estimate of drug-likeness (QED) is 0.385. The minimum atomic E-state index is 0.0759. The van der Waals surface area contributed by atoms with E-state index in [0.29, 0.717) is 23.8 Å². The molecule has 0 bridgehead atoms. The first kappa shape index (κ1) is 14.4. The van der Waals surface area contributed by atoms with Crippen LogP contribution in [0.25, 0.3) is 0 Å². The van der Waals surface area contributed by atoms with E-state index in [1.165, 1.54) is 0 Å². The van der Waals surface area contributed by atoms with E-state index in [0.717, 1.165) is 11.1 Å². The molecule has 0 atom stereocenters. The summed E-state index contributed by atoms with van der Waals surface area (Å²) in [5.41, 5.74) is 8.16. The molecule has 20 heavy (non-hydrogen) atoms. The fraction of sp³-hybridized carbons (Fsp3) is 0.133. The van der Waals surface area contributed by atoms with Gasteiger partial charge in [-0.1, -0.05) is 53.2 Å². The maximum absolute atomic E-state index is 8.75. The minimum absolute atomic E-state index is 0.0759. The molecule has 104 valence electrons. The summed E-state index contributed by atoms with van der Waals surface area (Å²) in [4.78, 5) is 0. The Morgan fingerprint density at radius 1 is 1.15 bits per heavy atom. The van der Waals surface area contributed by atoms with Crippen LogP contribution in [0.15, 0.2) is 53.7 Å². The van der Waals surface area contributed by atoms with E-state index in [1.807, 2.05) is 42.5 Å². The zero-order chi connectivity index (χ0) is 14.4. The summed E-state index contributed by atoms with van der Waals surface area (Å²) in [7, 11) is 0. The molecule has 0 radical (unpaired) electrons. The third kappa shape index (κ3) is 3.73. The van der Waals surface area contributed by atoms with E-state index in [4.69, 9.17) is 27.3 Å². The van der Waals surface area contributed by atoms with Crippen LogP contribution in [0.5, 0.6) is 0 Å². The second-order valence-corrected chi connectivity index (χ2v) is 4.70. The van der Waals surface area contributed by atoms with Crippen LogP contribution in [0.1, 0.15) is 16.7 Å². The predicted octanol–water partition coefficient (Wildman–Crippen LogP) is 3.15. The van der Waals surface area contributed by atoms with Crippen molar-refractivity contribution in [1.82, 2.24) is 0 Å². The van der Waals surface area contributed by atoms with Crippen molar-refractivity contribution in [3.8, 4) is 0 Å². The van der Waals surface area contributed by atoms with Gasteiger partial charge in [-0.2, -0.15) is 0 Å². The first-order valence-electron chi connectivity index (χ1n) is 6.08. The number of hydrogen-bond acceptors (Lipinski definition) is 3. The Kier molecular flexibility index (Phi) is 4.98. The topological polar surface area (TPSA) is 67.8 Å². The van der Waals surface area contributed by atoms with Crippen LogP contribution >= 0.6 is 11.6 Å². The fourth-order valence-corrected chi connectivity index (χ4v) is 2.07. The Hall–Kier alpha value is -2.04. The summed E-state index contributed by atoms with van der Waals surface area (Å²) >= 11 is 5.91. The predicted molar refractivity (Wildman–Crippen MR) is 78.9 cm³/mol.